The highest BCUT2D eigenvalue weighted by molar-refractivity contribution is 5.86. The van der Waals surface area contributed by atoms with Crippen molar-refractivity contribution >= 4 is 11.9 Å². The third kappa shape index (κ3) is 2.87. The molecule has 2 rings (SSSR count). The number of carbonyl (C=O) groups is 1. The quantitative estimate of drug-likeness (QED) is 0.857. The molecule has 1 heterocycles. The predicted molar refractivity (Wildman–Crippen MR) is 66.5 cm³/mol. The minimum absolute atomic E-state index is 0.173. The van der Waals surface area contributed by atoms with Gasteiger partial charge in [-0.15, -0.1) is 0 Å². The maximum absolute atomic E-state index is 10.8. The van der Waals surface area contributed by atoms with Gasteiger partial charge in [0.1, 0.15) is 0 Å². The maximum Gasteiger partial charge on any atom is 0.229 e. The fourth-order valence-electron chi connectivity index (χ4n) is 1.52. The number of anilines is 1. The third-order valence-electron chi connectivity index (χ3n) is 2.29. The number of benzene rings is 1. The minimum Gasteiger partial charge on any atom is -0.295 e. The van der Waals surface area contributed by atoms with E-state index in [0.29, 0.717) is 5.95 Å². The zero-order valence-electron chi connectivity index (χ0n) is 9.77. The van der Waals surface area contributed by atoms with Crippen LogP contribution in [0.4, 0.5) is 5.95 Å². The Balaban J connectivity index is 2.26. The number of rotatable bonds is 2. The van der Waals surface area contributed by atoms with Gasteiger partial charge in [-0.1, -0.05) is 29.8 Å². The van der Waals surface area contributed by atoms with Crippen LogP contribution in [0.1, 0.15) is 12.5 Å². The second-order valence-electron chi connectivity index (χ2n) is 3.85. The van der Waals surface area contributed by atoms with Crippen molar-refractivity contribution in [3.63, 3.8) is 0 Å². The van der Waals surface area contributed by atoms with Gasteiger partial charge in [-0.3, -0.25) is 10.1 Å². The van der Waals surface area contributed by atoms with Crippen LogP contribution < -0.4 is 5.32 Å². The van der Waals surface area contributed by atoms with Crippen molar-refractivity contribution in [2.75, 3.05) is 5.32 Å². The molecule has 4 heteroatoms. The molecule has 0 fully saturated rings. The lowest BCUT2D eigenvalue weighted by molar-refractivity contribution is -0.114. The first-order valence-corrected chi connectivity index (χ1v) is 5.32. The lowest BCUT2D eigenvalue weighted by Crippen LogP contribution is -2.08. The second kappa shape index (κ2) is 4.74. The van der Waals surface area contributed by atoms with E-state index < -0.39 is 0 Å². The topological polar surface area (TPSA) is 54.9 Å². The van der Waals surface area contributed by atoms with Crippen LogP contribution in [-0.4, -0.2) is 15.9 Å². The number of aryl methyl sites for hydroxylation is 1. The van der Waals surface area contributed by atoms with Crippen LogP contribution in [0.25, 0.3) is 11.1 Å². The van der Waals surface area contributed by atoms with Gasteiger partial charge in [0.25, 0.3) is 0 Å². The first kappa shape index (κ1) is 11.3. The highest BCUT2D eigenvalue weighted by atomic mass is 16.1. The normalized spacial score (nSPS) is 10.0. The Morgan fingerprint density at radius 3 is 2.47 bits per heavy atom. The first-order chi connectivity index (χ1) is 8.15. The summed E-state index contributed by atoms with van der Waals surface area (Å²) in [6.45, 7) is 3.47. The molecule has 0 aliphatic carbocycles. The average molecular weight is 227 g/mol. The van der Waals surface area contributed by atoms with Crippen LogP contribution in [0.15, 0.2) is 36.7 Å². The largest absolute Gasteiger partial charge is 0.295 e. The van der Waals surface area contributed by atoms with E-state index in [-0.39, 0.29) is 5.91 Å². The summed E-state index contributed by atoms with van der Waals surface area (Å²) in [5.74, 6) is 0.155. The molecule has 0 atom stereocenters. The van der Waals surface area contributed by atoms with Gasteiger partial charge in [-0.05, 0) is 12.5 Å². The molecule has 86 valence electrons. The summed E-state index contributed by atoms with van der Waals surface area (Å²) in [6, 6.07) is 8.10. The van der Waals surface area contributed by atoms with E-state index in [2.05, 4.69) is 21.4 Å². The van der Waals surface area contributed by atoms with E-state index in [0.717, 1.165) is 11.1 Å². The molecule has 1 N–H and O–H groups in total. The Morgan fingerprint density at radius 1 is 1.18 bits per heavy atom. The molecule has 0 unspecified atom stereocenters. The van der Waals surface area contributed by atoms with Gasteiger partial charge in [0.05, 0.1) is 0 Å². The van der Waals surface area contributed by atoms with Crippen molar-refractivity contribution in [1.29, 1.82) is 0 Å². The van der Waals surface area contributed by atoms with E-state index in [9.17, 15) is 4.79 Å². The molecule has 1 aromatic heterocycles. The smallest absolute Gasteiger partial charge is 0.229 e. The van der Waals surface area contributed by atoms with Crippen molar-refractivity contribution in [3.05, 3.63) is 42.2 Å². The molecule has 0 saturated carbocycles. The molecule has 0 radical (unpaired) electrons. The van der Waals surface area contributed by atoms with Crippen molar-refractivity contribution in [2.24, 2.45) is 0 Å². The summed E-state index contributed by atoms with van der Waals surface area (Å²) < 4.78 is 0. The van der Waals surface area contributed by atoms with Gasteiger partial charge < -0.3 is 0 Å². The zero-order valence-corrected chi connectivity index (χ0v) is 9.77. The highest BCUT2D eigenvalue weighted by Gasteiger charge is 2.01. The van der Waals surface area contributed by atoms with Crippen molar-refractivity contribution in [1.82, 2.24) is 9.97 Å². The number of hydrogen-bond donors (Lipinski definition) is 1. The Bertz CT molecular complexity index is 535. The van der Waals surface area contributed by atoms with Crippen molar-refractivity contribution in [3.8, 4) is 11.1 Å². The lowest BCUT2D eigenvalue weighted by atomic mass is 10.1. The molecule has 2 aromatic rings. The van der Waals surface area contributed by atoms with E-state index in [1.54, 1.807) is 12.4 Å². The van der Waals surface area contributed by atoms with Gasteiger partial charge in [-0.25, -0.2) is 9.97 Å². The predicted octanol–water partition coefficient (Wildman–Crippen LogP) is 2.41. The van der Waals surface area contributed by atoms with Gasteiger partial charge in [0.2, 0.25) is 11.9 Å². The number of nitrogens with zero attached hydrogens (tertiary/aromatic N) is 2. The Labute approximate surface area is 99.7 Å². The summed E-state index contributed by atoms with van der Waals surface area (Å²) in [7, 11) is 0. The Hall–Kier alpha value is -2.23. The number of carbonyl (C=O) groups excluding carboxylic acids is 1. The van der Waals surface area contributed by atoms with Crippen LogP contribution in [0.5, 0.6) is 0 Å². The molecular weight excluding hydrogens is 214 g/mol. The molecule has 0 spiro atoms. The molecule has 0 aliphatic heterocycles. The fourth-order valence-corrected chi connectivity index (χ4v) is 1.52. The molecule has 1 amide bonds. The van der Waals surface area contributed by atoms with Gasteiger partial charge in [0.15, 0.2) is 0 Å². The highest BCUT2D eigenvalue weighted by Crippen LogP contribution is 2.18. The van der Waals surface area contributed by atoms with E-state index in [1.165, 1.54) is 12.5 Å². The second-order valence-corrected chi connectivity index (χ2v) is 3.85. The molecule has 4 nitrogen and oxygen atoms in total. The molecule has 0 saturated heterocycles. The monoisotopic (exact) mass is 227 g/mol. The molecule has 17 heavy (non-hydrogen) atoms. The van der Waals surface area contributed by atoms with E-state index in [4.69, 9.17) is 0 Å². The molecule has 0 bridgehead atoms. The van der Waals surface area contributed by atoms with Crippen LogP contribution in [0, 0.1) is 6.92 Å². The maximum atomic E-state index is 10.8. The van der Waals surface area contributed by atoms with E-state index >= 15 is 0 Å². The summed E-state index contributed by atoms with van der Waals surface area (Å²) >= 11 is 0. The van der Waals surface area contributed by atoms with Gasteiger partial charge in [-0.2, -0.15) is 0 Å². The summed E-state index contributed by atoms with van der Waals surface area (Å²) in [5, 5.41) is 2.53. The van der Waals surface area contributed by atoms with Gasteiger partial charge >= 0.3 is 0 Å². The number of amides is 1. The minimum atomic E-state index is -0.173. The standard InChI is InChI=1S/C13H13N3O/c1-9-4-3-5-11(6-9)12-7-14-13(15-8-12)16-10(2)17/h3-8H,1-2H3,(H,14,15,16,17). The van der Waals surface area contributed by atoms with Crippen LogP contribution >= 0.6 is 0 Å². The van der Waals surface area contributed by atoms with Crippen LogP contribution in [-0.2, 0) is 4.79 Å². The van der Waals surface area contributed by atoms with Crippen molar-refractivity contribution < 1.29 is 4.79 Å². The fraction of sp³-hybridized carbons (Fsp3) is 0.154. The van der Waals surface area contributed by atoms with Crippen LogP contribution in [0.2, 0.25) is 0 Å². The average Bonchev–Trinajstić information content (AvgIpc) is 2.29. The zero-order chi connectivity index (χ0) is 12.3. The third-order valence-corrected chi connectivity index (χ3v) is 2.29. The number of aromatic nitrogens is 2. The molecule has 1 aromatic carbocycles. The van der Waals surface area contributed by atoms with Crippen molar-refractivity contribution in [2.45, 2.75) is 13.8 Å². The Morgan fingerprint density at radius 2 is 1.88 bits per heavy atom. The summed E-state index contributed by atoms with van der Waals surface area (Å²) in [6.07, 6.45) is 3.40. The van der Waals surface area contributed by atoms with Crippen LogP contribution in [0.3, 0.4) is 0 Å². The number of hydrogen-bond acceptors (Lipinski definition) is 3. The summed E-state index contributed by atoms with van der Waals surface area (Å²) in [5.41, 5.74) is 3.19. The SMILES string of the molecule is CC(=O)Nc1ncc(-c2cccc(C)c2)cn1. The Kier molecular flexibility index (Phi) is 3.14. The van der Waals surface area contributed by atoms with Gasteiger partial charge in [0, 0.05) is 24.9 Å². The molecular formula is C13H13N3O. The first-order valence-electron chi connectivity index (χ1n) is 5.32. The number of nitrogens with one attached hydrogen (secondary N) is 1. The summed E-state index contributed by atoms with van der Waals surface area (Å²) in [4.78, 5) is 19.0. The molecule has 0 aliphatic rings. The van der Waals surface area contributed by atoms with E-state index in [1.807, 2.05) is 25.1 Å². The lowest BCUT2D eigenvalue weighted by Gasteiger charge is -2.03.